The van der Waals surface area contributed by atoms with E-state index in [4.69, 9.17) is 9.15 Å². The number of rotatable bonds is 4. The molecule has 2 heterocycles. The minimum Gasteiger partial charge on any atom is -0.497 e. The van der Waals surface area contributed by atoms with Gasteiger partial charge in [0.15, 0.2) is 9.84 Å². The third-order valence-corrected chi connectivity index (χ3v) is 6.04. The molecule has 1 saturated heterocycles. The Morgan fingerprint density at radius 2 is 2.13 bits per heavy atom. The molecule has 0 bridgehead atoms. The van der Waals surface area contributed by atoms with E-state index in [9.17, 15) is 13.2 Å². The summed E-state index contributed by atoms with van der Waals surface area (Å²) >= 11 is 0. The number of sulfone groups is 1. The standard InChI is InChI=1S/C16H19NO5S/c1-17(12-5-6-23(19,20)10-12)9-11-7-16(18)22-15-8-13(21-2)3-4-14(11)15/h3-4,7-8,12H,5-6,9-10H2,1-2H3/t12-/m0/s1. The first-order valence-electron chi connectivity index (χ1n) is 7.39. The second-order valence-electron chi connectivity index (χ2n) is 5.92. The van der Waals surface area contributed by atoms with Gasteiger partial charge in [-0.25, -0.2) is 13.2 Å². The van der Waals surface area contributed by atoms with Gasteiger partial charge in [-0.3, -0.25) is 4.90 Å². The monoisotopic (exact) mass is 337 g/mol. The molecule has 1 atom stereocenters. The molecule has 7 heteroatoms. The zero-order valence-electron chi connectivity index (χ0n) is 13.1. The molecular weight excluding hydrogens is 318 g/mol. The molecule has 1 aliphatic rings. The van der Waals surface area contributed by atoms with Crippen molar-refractivity contribution < 1.29 is 17.6 Å². The van der Waals surface area contributed by atoms with Gasteiger partial charge in [0.05, 0.1) is 18.6 Å². The van der Waals surface area contributed by atoms with Crippen molar-refractivity contribution in [3.8, 4) is 5.75 Å². The van der Waals surface area contributed by atoms with Crippen molar-refractivity contribution in [3.05, 3.63) is 40.2 Å². The highest BCUT2D eigenvalue weighted by molar-refractivity contribution is 7.91. The molecule has 0 aliphatic carbocycles. The fourth-order valence-electron chi connectivity index (χ4n) is 2.99. The maximum atomic E-state index is 11.8. The number of nitrogens with zero attached hydrogens (tertiary/aromatic N) is 1. The molecular formula is C16H19NO5S. The van der Waals surface area contributed by atoms with Crippen LogP contribution in [-0.2, 0) is 16.4 Å². The second-order valence-corrected chi connectivity index (χ2v) is 8.15. The molecule has 1 aromatic carbocycles. The fraction of sp³-hybridized carbons (Fsp3) is 0.438. The van der Waals surface area contributed by atoms with Gasteiger partial charge < -0.3 is 9.15 Å². The van der Waals surface area contributed by atoms with Crippen LogP contribution < -0.4 is 10.4 Å². The SMILES string of the molecule is COc1ccc2c(CN(C)[C@H]3CCS(=O)(=O)C3)cc(=O)oc2c1. The van der Waals surface area contributed by atoms with Gasteiger partial charge in [-0.1, -0.05) is 0 Å². The molecule has 1 fully saturated rings. The number of fused-ring (bicyclic) bond motifs is 1. The summed E-state index contributed by atoms with van der Waals surface area (Å²) in [7, 11) is 0.507. The van der Waals surface area contributed by atoms with Crippen LogP contribution in [0.4, 0.5) is 0 Å². The third kappa shape index (κ3) is 3.40. The lowest BCUT2D eigenvalue weighted by molar-refractivity contribution is 0.254. The van der Waals surface area contributed by atoms with Crippen LogP contribution in [0.5, 0.6) is 5.75 Å². The Balaban J connectivity index is 1.92. The van der Waals surface area contributed by atoms with Crippen LogP contribution in [0.1, 0.15) is 12.0 Å². The first kappa shape index (κ1) is 16.0. The highest BCUT2D eigenvalue weighted by atomic mass is 32.2. The molecule has 23 heavy (non-hydrogen) atoms. The highest BCUT2D eigenvalue weighted by Gasteiger charge is 2.30. The third-order valence-electron chi connectivity index (χ3n) is 4.29. The quantitative estimate of drug-likeness (QED) is 0.786. The average molecular weight is 337 g/mol. The van der Waals surface area contributed by atoms with Gasteiger partial charge in [0.1, 0.15) is 11.3 Å². The number of methoxy groups -OCH3 is 1. The van der Waals surface area contributed by atoms with E-state index in [0.717, 1.165) is 10.9 Å². The first-order valence-corrected chi connectivity index (χ1v) is 9.21. The number of benzene rings is 1. The van der Waals surface area contributed by atoms with Crippen molar-refractivity contribution in [3.63, 3.8) is 0 Å². The number of ether oxygens (including phenoxy) is 1. The van der Waals surface area contributed by atoms with Gasteiger partial charge >= 0.3 is 5.63 Å². The molecule has 1 aliphatic heterocycles. The highest BCUT2D eigenvalue weighted by Crippen LogP contribution is 2.25. The Hall–Kier alpha value is -1.86. The lowest BCUT2D eigenvalue weighted by Crippen LogP contribution is -2.32. The predicted molar refractivity (Wildman–Crippen MR) is 87.6 cm³/mol. The van der Waals surface area contributed by atoms with Gasteiger partial charge in [0.2, 0.25) is 0 Å². The van der Waals surface area contributed by atoms with Gasteiger partial charge in [-0.15, -0.1) is 0 Å². The lowest BCUT2D eigenvalue weighted by atomic mass is 10.1. The van der Waals surface area contributed by atoms with E-state index < -0.39 is 15.5 Å². The molecule has 124 valence electrons. The van der Waals surface area contributed by atoms with Crippen molar-refractivity contribution in [1.82, 2.24) is 4.90 Å². The van der Waals surface area contributed by atoms with E-state index in [-0.39, 0.29) is 17.5 Å². The lowest BCUT2D eigenvalue weighted by Gasteiger charge is -2.23. The van der Waals surface area contributed by atoms with Crippen molar-refractivity contribution in [2.75, 3.05) is 25.7 Å². The summed E-state index contributed by atoms with van der Waals surface area (Å²) in [5.74, 6) is 1.03. The molecule has 0 unspecified atom stereocenters. The van der Waals surface area contributed by atoms with Crippen molar-refractivity contribution >= 4 is 20.8 Å². The van der Waals surface area contributed by atoms with E-state index in [1.807, 2.05) is 24.1 Å². The van der Waals surface area contributed by atoms with E-state index in [2.05, 4.69) is 0 Å². The minimum atomic E-state index is -2.93. The largest absolute Gasteiger partial charge is 0.497 e. The van der Waals surface area contributed by atoms with E-state index in [1.54, 1.807) is 13.2 Å². The molecule has 6 nitrogen and oxygen atoms in total. The summed E-state index contributed by atoms with van der Waals surface area (Å²) in [6, 6.07) is 6.80. The summed E-state index contributed by atoms with van der Waals surface area (Å²) in [4.78, 5) is 13.8. The molecule has 0 amide bonds. The molecule has 2 aromatic rings. The fourth-order valence-corrected chi connectivity index (χ4v) is 4.79. The van der Waals surface area contributed by atoms with E-state index in [0.29, 0.717) is 24.3 Å². The summed E-state index contributed by atoms with van der Waals surface area (Å²) in [6.45, 7) is 0.495. The van der Waals surface area contributed by atoms with E-state index in [1.165, 1.54) is 6.07 Å². The van der Waals surface area contributed by atoms with Crippen LogP contribution in [0.3, 0.4) is 0 Å². The van der Waals surface area contributed by atoms with Gasteiger partial charge in [0.25, 0.3) is 0 Å². The topological polar surface area (TPSA) is 76.8 Å². The normalized spacial score (nSPS) is 20.2. The van der Waals surface area contributed by atoms with Crippen LogP contribution in [0.15, 0.2) is 33.5 Å². The second kappa shape index (κ2) is 5.98. The first-order chi connectivity index (χ1) is 10.9. The summed E-state index contributed by atoms with van der Waals surface area (Å²) in [6.07, 6.45) is 0.631. The molecule has 0 spiro atoms. The maximum absolute atomic E-state index is 11.8. The zero-order valence-corrected chi connectivity index (χ0v) is 13.9. The van der Waals surface area contributed by atoms with E-state index >= 15 is 0 Å². The van der Waals surface area contributed by atoms with Gasteiger partial charge in [0, 0.05) is 30.1 Å². The Morgan fingerprint density at radius 3 is 2.78 bits per heavy atom. The average Bonchev–Trinajstić information content (AvgIpc) is 2.86. The van der Waals surface area contributed by atoms with Crippen LogP contribution >= 0.6 is 0 Å². The summed E-state index contributed by atoms with van der Waals surface area (Å²) in [5, 5.41) is 0.832. The summed E-state index contributed by atoms with van der Waals surface area (Å²) in [5.41, 5.74) is 0.873. The van der Waals surface area contributed by atoms with Crippen LogP contribution in [0.25, 0.3) is 11.0 Å². The van der Waals surface area contributed by atoms with Crippen molar-refractivity contribution in [2.24, 2.45) is 0 Å². The van der Waals surface area contributed by atoms with Crippen molar-refractivity contribution in [2.45, 2.75) is 19.0 Å². The minimum absolute atomic E-state index is 0.0134. The molecule has 1 aromatic heterocycles. The van der Waals surface area contributed by atoms with Crippen molar-refractivity contribution in [1.29, 1.82) is 0 Å². The van der Waals surface area contributed by atoms with Crippen LogP contribution in [0.2, 0.25) is 0 Å². The Kier molecular flexibility index (Phi) is 4.16. The number of hydrogen-bond donors (Lipinski definition) is 0. The molecule has 3 rings (SSSR count). The van der Waals surface area contributed by atoms with Crippen LogP contribution in [0, 0.1) is 0 Å². The smallest absolute Gasteiger partial charge is 0.336 e. The predicted octanol–water partition coefficient (Wildman–Crippen LogP) is 1.42. The van der Waals surface area contributed by atoms with Gasteiger partial charge in [-0.2, -0.15) is 0 Å². The van der Waals surface area contributed by atoms with Crippen LogP contribution in [-0.4, -0.2) is 45.0 Å². The Morgan fingerprint density at radius 1 is 1.35 bits per heavy atom. The number of hydrogen-bond acceptors (Lipinski definition) is 6. The summed E-state index contributed by atoms with van der Waals surface area (Å²) < 4.78 is 33.6. The molecule has 0 N–H and O–H groups in total. The Labute approximate surface area is 134 Å². The Bertz CT molecular complexity index is 887. The zero-order chi connectivity index (χ0) is 16.6. The molecule has 0 radical (unpaired) electrons. The maximum Gasteiger partial charge on any atom is 0.336 e. The van der Waals surface area contributed by atoms with Gasteiger partial charge in [-0.05, 0) is 31.2 Å². The molecule has 0 saturated carbocycles.